The highest BCUT2D eigenvalue weighted by Gasteiger charge is 2.16. The van der Waals surface area contributed by atoms with Crippen molar-refractivity contribution in [1.29, 1.82) is 0 Å². The number of thioether (sulfide) groups is 1. The van der Waals surface area contributed by atoms with Gasteiger partial charge in [0.05, 0.1) is 12.2 Å². The van der Waals surface area contributed by atoms with E-state index in [2.05, 4.69) is 5.10 Å². The van der Waals surface area contributed by atoms with Crippen LogP contribution in [0.15, 0.2) is 42.6 Å². The molecule has 1 aromatic heterocycles. The molecule has 4 nitrogen and oxygen atoms in total. The molecule has 94 valence electrons. The number of carboxylic acids is 1. The fraction of sp³-hybridized carbons (Fsp3) is 0.231. The molecule has 0 spiro atoms. The third-order valence-electron chi connectivity index (χ3n) is 2.62. The summed E-state index contributed by atoms with van der Waals surface area (Å²) in [6, 6.07) is 11.7. The van der Waals surface area contributed by atoms with Crippen molar-refractivity contribution >= 4 is 17.7 Å². The number of nitrogens with zero attached hydrogens (tertiary/aromatic N) is 2. The summed E-state index contributed by atoms with van der Waals surface area (Å²) in [5.41, 5.74) is 1.90. The van der Waals surface area contributed by atoms with Gasteiger partial charge in [-0.3, -0.25) is 9.48 Å². The van der Waals surface area contributed by atoms with E-state index in [9.17, 15) is 4.79 Å². The van der Waals surface area contributed by atoms with Gasteiger partial charge < -0.3 is 5.11 Å². The molecule has 0 bridgehead atoms. The van der Waals surface area contributed by atoms with E-state index < -0.39 is 11.2 Å². The van der Waals surface area contributed by atoms with Gasteiger partial charge in [-0.1, -0.05) is 30.3 Å². The minimum absolute atomic E-state index is 0.378. The van der Waals surface area contributed by atoms with Gasteiger partial charge in [0.25, 0.3) is 0 Å². The Bertz CT molecular complexity index is 525. The highest BCUT2D eigenvalue weighted by Crippen LogP contribution is 2.17. The molecule has 0 radical (unpaired) electrons. The molecule has 18 heavy (non-hydrogen) atoms. The Balaban J connectivity index is 2.14. The summed E-state index contributed by atoms with van der Waals surface area (Å²) in [6.45, 7) is 0.378. The predicted octanol–water partition coefficient (Wildman–Crippen LogP) is 2.37. The van der Waals surface area contributed by atoms with E-state index in [-0.39, 0.29) is 0 Å². The van der Waals surface area contributed by atoms with Crippen LogP contribution >= 0.6 is 11.8 Å². The zero-order valence-electron chi connectivity index (χ0n) is 9.98. The van der Waals surface area contributed by atoms with Crippen LogP contribution in [-0.2, 0) is 11.3 Å². The van der Waals surface area contributed by atoms with E-state index in [1.807, 2.05) is 42.6 Å². The van der Waals surface area contributed by atoms with Crippen molar-refractivity contribution in [3.8, 4) is 11.3 Å². The van der Waals surface area contributed by atoms with Crippen molar-refractivity contribution in [2.75, 3.05) is 6.26 Å². The van der Waals surface area contributed by atoms with E-state index in [1.54, 1.807) is 10.9 Å². The van der Waals surface area contributed by atoms with Gasteiger partial charge in [0.2, 0.25) is 0 Å². The third kappa shape index (κ3) is 2.92. The first-order valence-electron chi connectivity index (χ1n) is 5.55. The molecule has 1 unspecified atom stereocenters. The summed E-state index contributed by atoms with van der Waals surface area (Å²) in [5.74, 6) is -0.806. The second kappa shape index (κ2) is 5.73. The molecular weight excluding hydrogens is 248 g/mol. The van der Waals surface area contributed by atoms with Crippen LogP contribution in [0.4, 0.5) is 0 Å². The van der Waals surface area contributed by atoms with Crippen molar-refractivity contribution < 1.29 is 9.90 Å². The standard InChI is InChI=1S/C13H14N2O2S/c1-18-12(13(16)17)9-15-8-7-11(14-15)10-5-3-2-4-6-10/h2-8,12H,9H2,1H3,(H,16,17). The monoisotopic (exact) mass is 262 g/mol. The first-order chi connectivity index (χ1) is 8.70. The smallest absolute Gasteiger partial charge is 0.318 e. The number of carboxylic acid groups (broad SMARTS) is 1. The van der Waals surface area contributed by atoms with Crippen molar-refractivity contribution in [3.63, 3.8) is 0 Å². The van der Waals surface area contributed by atoms with Crippen LogP contribution in [0.1, 0.15) is 0 Å². The topological polar surface area (TPSA) is 55.1 Å². The minimum Gasteiger partial charge on any atom is -0.480 e. The Morgan fingerprint density at radius 3 is 2.72 bits per heavy atom. The van der Waals surface area contributed by atoms with Gasteiger partial charge in [0, 0.05) is 11.8 Å². The lowest BCUT2D eigenvalue weighted by Gasteiger charge is -2.08. The second-order valence-corrected chi connectivity index (χ2v) is 4.89. The fourth-order valence-electron chi connectivity index (χ4n) is 1.65. The van der Waals surface area contributed by atoms with Crippen molar-refractivity contribution in [1.82, 2.24) is 9.78 Å². The molecule has 0 amide bonds. The lowest BCUT2D eigenvalue weighted by atomic mass is 10.2. The van der Waals surface area contributed by atoms with Crippen LogP contribution in [0.2, 0.25) is 0 Å². The summed E-state index contributed by atoms with van der Waals surface area (Å²) in [6.07, 6.45) is 3.61. The van der Waals surface area contributed by atoms with E-state index in [4.69, 9.17) is 5.11 Å². The van der Waals surface area contributed by atoms with Crippen molar-refractivity contribution in [3.05, 3.63) is 42.6 Å². The van der Waals surface area contributed by atoms with Gasteiger partial charge in [-0.2, -0.15) is 5.10 Å². The van der Waals surface area contributed by atoms with Crippen LogP contribution in [0, 0.1) is 0 Å². The Morgan fingerprint density at radius 2 is 2.11 bits per heavy atom. The molecule has 1 atom stereocenters. The van der Waals surface area contributed by atoms with Crippen LogP contribution in [0.3, 0.4) is 0 Å². The highest BCUT2D eigenvalue weighted by molar-refractivity contribution is 7.99. The average molecular weight is 262 g/mol. The van der Waals surface area contributed by atoms with Crippen molar-refractivity contribution in [2.24, 2.45) is 0 Å². The second-order valence-electron chi connectivity index (χ2n) is 3.85. The lowest BCUT2D eigenvalue weighted by molar-refractivity contribution is -0.136. The number of rotatable bonds is 5. The first kappa shape index (κ1) is 12.7. The van der Waals surface area contributed by atoms with Crippen molar-refractivity contribution in [2.45, 2.75) is 11.8 Å². The molecule has 2 rings (SSSR count). The van der Waals surface area contributed by atoms with Crippen LogP contribution in [0.5, 0.6) is 0 Å². The quantitative estimate of drug-likeness (QED) is 0.898. The maximum absolute atomic E-state index is 10.9. The molecule has 0 aliphatic heterocycles. The normalized spacial score (nSPS) is 12.3. The molecular formula is C13H14N2O2S. The molecule has 0 saturated carbocycles. The first-order valence-corrected chi connectivity index (χ1v) is 6.84. The number of aliphatic carboxylic acids is 1. The SMILES string of the molecule is CSC(Cn1ccc(-c2ccccc2)n1)C(=O)O. The molecule has 2 aromatic rings. The average Bonchev–Trinajstić information content (AvgIpc) is 2.85. The van der Waals surface area contributed by atoms with Crippen LogP contribution in [-0.4, -0.2) is 32.4 Å². The van der Waals surface area contributed by atoms with E-state index in [0.29, 0.717) is 6.54 Å². The fourth-order valence-corrected chi connectivity index (χ4v) is 2.15. The maximum atomic E-state index is 10.9. The number of aromatic nitrogens is 2. The summed E-state index contributed by atoms with van der Waals surface area (Å²) >= 11 is 1.32. The summed E-state index contributed by atoms with van der Waals surface area (Å²) in [4.78, 5) is 10.9. The summed E-state index contributed by atoms with van der Waals surface area (Å²) < 4.78 is 1.68. The molecule has 0 saturated heterocycles. The largest absolute Gasteiger partial charge is 0.480 e. The zero-order valence-corrected chi connectivity index (χ0v) is 10.8. The van der Waals surface area contributed by atoms with Gasteiger partial charge in [-0.25, -0.2) is 0 Å². The highest BCUT2D eigenvalue weighted by atomic mass is 32.2. The molecule has 5 heteroatoms. The molecule has 1 aromatic carbocycles. The Hall–Kier alpha value is -1.75. The van der Waals surface area contributed by atoms with Crippen LogP contribution < -0.4 is 0 Å². The van der Waals surface area contributed by atoms with Gasteiger partial charge in [0.1, 0.15) is 5.25 Å². The van der Waals surface area contributed by atoms with E-state index in [0.717, 1.165) is 11.3 Å². The molecule has 1 N–H and O–H groups in total. The van der Waals surface area contributed by atoms with Gasteiger partial charge in [0.15, 0.2) is 0 Å². The molecule has 0 aliphatic rings. The number of benzene rings is 1. The van der Waals surface area contributed by atoms with Gasteiger partial charge in [-0.15, -0.1) is 11.8 Å². The summed E-state index contributed by atoms with van der Waals surface area (Å²) in [5, 5.41) is 12.9. The lowest BCUT2D eigenvalue weighted by Crippen LogP contribution is -2.22. The number of hydrogen-bond donors (Lipinski definition) is 1. The molecule has 1 heterocycles. The third-order valence-corrected chi connectivity index (χ3v) is 3.54. The number of hydrogen-bond acceptors (Lipinski definition) is 3. The van der Waals surface area contributed by atoms with E-state index in [1.165, 1.54) is 11.8 Å². The summed E-state index contributed by atoms with van der Waals surface area (Å²) in [7, 11) is 0. The molecule has 0 fully saturated rings. The Labute approximate surface area is 110 Å². The van der Waals surface area contributed by atoms with Gasteiger partial charge >= 0.3 is 5.97 Å². The van der Waals surface area contributed by atoms with E-state index >= 15 is 0 Å². The maximum Gasteiger partial charge on any atom is 0.318 e. The Kier molecular flexibility index (Phi) is 4.04. The number of carbonyl (C=O) groups is 1. The molecule has 0 aliphatic carbocycles. The zero-order chi connectivity index (χ0) is 13.0. The van der Waals surface area contributed by atoms with Crippen LogP contribution in [0.25, 0.3) is 11.3 Å². The Morgan fingerprint density at radius 1 is 1.39 bits per heavy atom. The minimum atomic E-state index is -0.806. The van der Waals surface area contributed by atoms with Gasteiger partial charge in [-0.05, 0) is 12.3 Å². The predicted molar refractivity (Wildman–Crippen MR) is 72.6 cm³/mol.